The van der Waals surface area contributed by atoms with Gasteiger partial charge in [-0.1, -0.05) is 66.2 Å². The van der Waals surface area contributed by atoms with Gasteiger partial charge in [0.05, 0.1) is 26.4 Å². The SMILES string of the molecule is CCCCCCO[P+]([S-])([S-])OCCC.CCCCCCO[P+]([S-])([S-])OCCC.[Zn+2]. The summed E-state index contributed by atoms with van der Waals surface area (Å²) in [5, 5.41) is 0. The monoisotopic (exact) mass is 574 g/mol. The van der Waals surface area contributed by atoms with Crippen molar-refractivity contribution in [2.24, 2.45) is 0 Å². The Morgan fingerprint density at radius 1 is 0.448 bits per heavy atom. The molecule has 0 radical (unpaired) electrons. The first-order valence-corrected chi connectivity index (χ1v) is 17.7. The van der Waals surface area contributed by atoms with Crippen molar-refractivity contribution < 1.29 is 37.6 Å². The van der Waals surface area contributed by atoms with Crippen molar-refractivity contribution in [1.29, 1.82) is 0 Å². The van der Waals surface area contributed by atoms with Crippen molar-refractivity contribution in [2.45, 2.75) is 91.9 Å². The van der Waals surface area contributed by atoms with Gasteiger partial charge in [-0.3, -0.25) is 18.1 Å². The summed E-state index contributed by atoms with van der Waals surface area (Å²) in [4.78, 5) is 0. The van der Waals surface area contributed by atoms with E-state index in [1.165, 1.54) is 38.5 Å². The summed E-state index contributed by atoms with van der Waals surface area (Å²) >= 11 is 20.3. The number of hydrogen-bond donors (Lipinski definition) is 0. The van der Waals surface area contributed by atoms with Crippen molar-refractivity contribution in [3.8, 4) is 0 Å². The van der Waals surface area contributed by atoms with Crippen LogP contribution in [-0.2, 0) is 86.6 Å². The molecule has 0 aliphatic carbocycles. The van der Waals surface area contributed by atoms with E-state index in [1.807, 2.05) is 13.8 Å². The van der Waals surface area contributed by atoms with Crippen LogP contribution in [-0.4, -0.2) is 26.4 Å². The van der Waals surface area contributed by atoms with Crippen LogP contribution in [0.2, 0.25) is 0 Å². The molecule has 4 nitrogen and oxygen atoms in total. The zero-order chi connectivity index (χ0) is 21.7. The van der Waals surface area contributed by atoms with Crippen LogP contribution in [0.1, 0.15) is 91.9 Å². The second-order valence-corrected chi connectivity index (χ2v) is 16.3. The van der Waals surface area contributed by atoms with Crippen LogP contribution in [0.3, 0.4) is 0 Å². The van der Waals surface area contributed by atoms with Gasteiger partial charge in [-0.2, -0.15) is 0 Å². The molecule has 0 unspecified atom stereocenters. The molecule has 0 atom stereocenters. The molecule has 0 bridgehead atoms. The standard InChI is InChI=1S/2C9H21O2PS2.Zn/c2*1-3-5-6-7-9-11-12(13,14)10-8-4-2;/h2*3-9H2,1-2H3,(H,13,14);/q;;+2/p-2. The predicted octanol–water partition coefficient (Wildman–Crippen LogP) is 7.56. The average Bonchev–Trinajstić information content (AvgIpc) is 2.65. The summed E-state index contributed by atoms with van der Waals surface area (Å²) in [6.45, 7) is 11.0. The van der Waals surface area contributed by atoms with Crippen LogP contribution >= 0.6 is 12.2 Å². The summed E-state index contributed by atoms with van der Waals surface area (Å²) < 4.78 is 21.4. The van der Waals surface area contributed by atoms with Crippen LogP contribution in [0.25, 0.3) is 0 Å². The fourth-order valence-electron chi connectivity index (χ4n) is 1.89. The molecular formula is C18H40O4P2S4Zn. The third kappa shape index (κ3) is 30.7. The quantitative estimate of drug-likeness (QED) is 0.0717. The summed E-state index contributed by atoms with van der Waals surface area (Å²) in [7, 11) is 0. The predicted molar refractivity (Wildman–Crippen MR) is 136 cm³/mol. The molecule has 0 saturated heterocycles. The first kappa shape index (κ1) is 36.3. The minimum absolute atomic E-state index is 0. The summed E-state index contributed by atoms with van der Waals surface area (Å²) in [5.74, 6) is 0. The Balaban J connectivity index is -0.000000451. The van der Waals surface area contributed by atoms with Gasteiger partial charge in [-0.15, -0.1) is 0 Å². The third-order valence-electron chi connectivity index (χ3n) is 3.40. The molecule has 0 aromatic carbocycles. The van der Waals surface area contributed by atoms with Crippen molar-refractivity contribution in [3.63, 3.8) is 0 Å². The van der Waals surface area contributed by atoms with Crippen molar-refractivity contribution in [1.82, 2.24) is 0 Å². The van der Waals surface area contributed by atoms with E-state index < -0.39 is 12.2 Å². The van der Waals surface area contributed by atoms with Crippen molar-refractivity contribution >= 4 is 61.2 Å². The molecule has 11 heteroatoms. The summed E-state index contributed by atoms with van der Waals surface area (Å²) in [5.41, 5.74) is 0. The van der Waals surface area contributed by atoms with Gasteiger partial charge in [0.1, 0.15) is 0 Å². The molecule has 0 fully saturated rings. The summed E-state index contributed by atoms with van der Waals surface area (Å²) in [6, 6.07) is 0. The molecule has 0 aromatic rings. The van der Waals surface area contributed by atoms with Gasteiger partial charge in [0.25, 0.3) is 0 Å². The van der Waals surface area contributed by atoms with Crippen LogP contribution in [0.15, 0.2) is 0 Å². The minimum atomic E-state index is -2.34. The van der Waals surface area contributed by atoms with E-state index in [-0.39, 0.29) is 19.5 Å². The van der Waals surface area contributed by atoms with Gasteiger partial charge >= 0.3 is 19.5 Å². The maximum atomic E-state index is 5.40. The molecule has 0 N–H and O–H groups in total. The molecule has 0 spiro atoms. The second-order valence-electron chi connectivity index (χ2n) is 6.35. The Kier molecular flexibility index (Phi) is 31.7. The first-order valence-electron chi connectivity index (χ1n) is 10.4. The Morgan fingerprint density at radius 2 is 0.759 bits per heavy atom. The van der Waals surface area contributed by atoms with Crippen LogP contribution < -0.4 is 0 Å². The molecule has 0 amide bonds. The van der Waals surface area contributed by atoms with Gasteiger partial charge in [0, 0.05) is 12.2 Å². The van der Waals surface area contributed by atoms with E-state index in [2.05, 4.69) is 13.8 Å². The number of rotatable bonds is 18. The molecule has 0 heterocycles. The van der Waals surface area contributed by atoms with Crippen LogP contribution in [0.5, 0.6) is 0 Å². The average molecular weight is 576 g/mol. The van der Waals surface area contributed by atoms with E-state index in [0.29, 0.717) is 26.4 Å². The number of hydrogen-bond acceptors (Lipinski definition) is 8. The Labute approximate surface area is 215 Å². The molecular weight excluding hydrogens is 536 g/mol. The molecule has 172 valence electrons. The molecule has 0 rings (SSSR count). The smallest absolute Gasteiger partial charge is 0.516 e. The largest absolute Gasteiger partial charge is 2.00 e. The van der Waals surface area contributed by atoms with E-state index in [9.17, 15) is 0 Å². The maximum absolute atomic E-state index is 5.40. The van der Waals surface area contributed by atoms with Crippen molar-refractivity contribution in [2.75, 3.05) is 26.4 Å². The Bertz CT molecular complexity index is 304. The normalized spacial score (nSPS) is 11.6. The topological polar surface area (TPSA) is 36.9 Å². The second kappa shape index (κ2) is 25.3. The third-order valence-corrected chi connectivity index (χ3v) is 7.93. The van der Waals surface area contributed by atoms with E-state index in [4.69, 9.17) is 67.1 Å². The molecule has 0 aliphatic heterocycles. The van der Waals surface area contributed by atoms with Gasteiger partial charge in [-0.25, -0.2) is 0 Å². The van der Waals surface area contributed by atoms with Gasteiger partial charge in [-0.05, 0) is 25.7 Å². The van der Waals surface area contributed by atoms with Crippen molar-refractivity contribution in [3.05, 3.63) is 0 Å². The van der Waals surface area contributed by atoms with E-state index in [0.717, 1.165) is 25.7 Å². The summed E-state index contributed by atoms with van der Waals surface area (Å²) in [6.07, 6.45) is 6.61. The van der Waals surface area contributed by atoms with E-state index in [1.54, 1.807) is 0 Å². The van der Waals surface area contributed by atoms with Crippen LogP contribution in [0, 0.1) is 0 Å². The molecule has 0 aliphatic rings. The van der Waals surface area contributed by atoms with Gasteiger partial charge in [0.15, 0.2) is 0 Å². The van der Waals surface area contributed by atoms with Crippen LogP contribution in [0.4, 0.5) is 0 Å². The van der Waals surface area contributed by atoms with Gasteiger partial charge < -0.3 is 49.0 Å². The first-order chi connectivity index (χ1) is 13.2. The fraction of sp³-hybridized carbons (Fsp3) is 1.00. The maximum Gasteiger partial charge on any atom is 2.00 e. The molecule has 0 aromatic heterocycles. The molecule has 29 heavy (non-hydrogen) atoms. The Morgan fingerprint density at radius 3 is 1.03 bits per heavy atom. The van der Waals surface area contributed by atoms with E-state index >= 15 is 0 Å². The van der Waals surface area contributed by atoms with Gasteiger partial charge in [0.2, 0.25) is 0 Å². The Hall–Kier alpha value is 2.72. The number of unbranched alkanes of at least 4 members (excludes halogenated alkanes) is 6. The molecule has 0 saturated carbocycles. The zero-order valence-corrected chi connectivity index (χ0v) is 26.8. The zero-order valence-electron chi connectivity index (χ0n) is 18.8. The fourth-order valence-corrected chi connectivity index (χ4v) is 5.35. The minimum Gasteiger partial charge on any atom is -0.516 e.